The van der Waals surface area contributed by atoms with Gasteiger partial charge in [-0.15, -0.1) is 0 Å². The predicted molar refractivity (Wildman–Crippen MR) is 114 cm³/mol. The first-order valence-corrected chi connectivity index (χ1v) is 12.0. The van der Waals surface area contributed by atoms with E-state index >= 15 is 0 Å². The molecule has 0 aromatic carbocycles. The fourth-order valence-electron chi connectivity index (χ4n) is 7.98. The Bertz CT molecular complexity index is 821. The van der Waals surface area contributed by atoms with Crippen molar-refractivity contribution in [1.29, 1.82) is 0 Å². The lowest BCUT2D eigenvalue weighted by Gasteiger charge is -2.61. The number of carbonyl (C=O) groups is 4. The molecule has 1 unspecified atom stereocenters. The molecule has 4 aliphatic carbocycles. The van der Waals surface area contributed by atoms with Gasteiger partial charge in [0.1, 0.15) is 24.1 Å². The van der Waals surface area contributed by atoms with E-state index in [-0.39, 0.29) is 71.1 Å². The van der Waals surface area contributed by atoms with E-state index in [0.29, 0.717) is 25.7 Å². The second-order valence-corrected chi connectivity index (χ2v) is 11.0. The molecule has 178 valence electrons. The molecule has 0 heterocycles. The summed E-state index contributed by atoms with van der Waals surface area (Å²) in [5, 5.41) is 0. The van der Waals surface area contributed by atoms with E-state index in [0.717, 1.165) is 19.3 Å². The van der Waals surface area contributed by atoms with Crippen LogP contribution in [0.15, 0.2) is 0 Å². The van der Waals surface area contributed by atoms with Crippen LogP contribution in [0.4, 0.5) is 0 Å². The second kappa shape index (κ2) is 8.14. The van der Waals surface area contributed by atoms with Crippen LogP contribution in [0.1, 0.15) is 79.6 Å². The third-order valence-corrected chi connectivity index (χ3v) is 9.35. The van der Waals surface area contributed by atoms with Crippen molar-refractivity contribution < 1.29 is 33.4 Å². The van der Waals surface area contributed by atoms with Gasteiger partial charge in [-0.05, 0) is 68.6 Å². The summed E-state index contributed by atoms with van der Waals surface area (Å²) < 4.78 is 17.0. The summed E-state index contributed by atoms with van der Waals surface area (Å²) in [4.78, 5) is 48.9. The molecule has 7 heteroatoms. The standard InChI is InChI=1S/C25H36O7/c1-13(26)30-16-8-9-24(4)19-12-22(29)25(5)18(6-7-23(25)32-15(3)28)17(19)11-21(20(24)10-16)31-14(2)27/h16-21,23H,6-12H2,1-5H3/t16-,17-,18-,19-,20?,21-,23-,24+,25+/m0/s1. The maximum atomic E-state index is 13.6. The molecular weight excluding hydrogens is 412 g/mol. The molecule has 0 bridgehead atoms. The maximum absolute atomic E-state index is 13.6. The number of rotatable bonds is 3. The van der Waals surface area contributed by atoms with Gasteiger partial charge in [-0.2, -0.15) is 0 Å². The Kier molecular flexibility index (Phi) is 5.91. The zero-order valence-corrected chi connectivity index (χ0v) is 19.8. The highest BCUT2D eigenvalue weighted by atomic mass is 16.6. The van der Waals surface area contributed by atoms with Crippen LogP contribution in [0.25, 0.3) is 0 Å². The first kappa shape index (κ1) is 23.2. The number of esters is 3. The van der Waals surface area contributed by atoms with E-state index in [1.165, 1.54) is 20.8 Å². The summed E-state index contributed by atoms with van der Waals surface area (Å²) in [7, 11) is 0. The number of hydrogen-bond donors (Lipinski definition) is 0. The number of ketones is 1. The van der Waals surface area contributed by atoms with Gasteiger partial charge in [0.15, 0.2) is 0 Å². The van der Waals surface area contributed by atoms with Crippen LogP contribution in [-0.2, 0) is 33.4 Å². The molecule has 0 aromatic heterocycles. The van der Waals surface area contributed by atoms with Crippen molar-refractivity contribution in [3.05, 3.63) is 0 Å². The highest BCUT2D eigenvalue weighted by molar-refractivity contribution is 5.87. The van der Waals surface area contributed by atoms with E-state index in [1.807, 2.05) is 6.92 Å². The number of carbonyl (C=O) groups excluding carboxylic acids is 4. The lowest BCUT2D eigenvalue weighted by Crippen LogP contribution is -2.61. The minimum absolute atomic E-state index is 0.0496. The molecule has 4 fully saturated rings. The Hall–Kier alpha value is -1.92. The van der Waals surface area contributed by atoms with Crippen LogP contribution in [0.3, 0.4) is 0 Å². The Morgan fingerprint density at radius 3 is 2.09 bits per heavy atom. The van der Waals surface area contributed by atoms with Crippen molar-refractivity contribution in [1.82, 2.24) is 0 Å². The Morgan fingerprint density at radius 1 is 0.812 bits per heavy atom. The second-order valence-electron chi connectivity index (χ2n) is 11.0. The maximum Gasteiger partial charge on any atom is 0.302 e. The number of fused-ring (bicyclic) bond motifs is 5. The Morgan fingerprint density at radius 2 is 1.47 bits per heavy atom. The van der Waals surface area contributed by atoms with Crippen molar-refractivity contribution in [2.75, 3.05) is 0 Å². The van der Waals surface area contributed by atoms with Crippen molar-refractivity contribution in [2.45, 2.75) is 97.9 Å². The van der Waals surface area contributed by atoms with Crippen LogP contribution in [0.5, 0.6) is 0 Å². The summed E-state index contributed by atoms with van der Waals surface area (Å²) in [6.07, 6.45) is 4.14. The molecule has 32 heavy (non-hydrogen) atoms. The van der Waals surface area contributed by atoms with Gasteiger partial charge in [-0.1, -0.05) is 6.92 Å². The van der Waals surface area contributed by atoms with Gasteiger partial charge >= 0.3 is 17.9 Å². The molecule has 0 N–H and O–H groups in total. The average Bonchev–Trinajstić information content (AvgIpc) is 3.01. The van der Waals surface area contributed by atoms with Gasteiger partial charge in [0.25, 0.3) is 0 Å². The normalized spacial score (nSPS) is 45.2. The largest absolute Gasteiger partial charge is 0.463 e. The van der Waals surface area contributed by atoms with Gasteiger partial charge in [-0.3, -0.25) is 19.2 Å². The summed E-state index contributed by atoms with van der Waals surface area (Å²) in [5.41, 5.74) is -0.845. The van der Waals surface area contributed by atoms with Gasteiger partial charge in [0.05, 0.1) is 5.41 Å². The quantitative estimate of drug-likeness (QED) is 0.481. The zero-order valence-electron chi connectivity index (χ0n) is 19.8. The molecule has 0 aromatic rings. The molecule has 0 aliphatic heterocycles. The SMILES string of the molecule is CC(=O)O[C@H]1CC[C@@]2(C)C(C1)[C@@H](OC(C)=O)C[C@H]1[C@@H]3CC[C@H](OC(C)=O)[C@@]3(C)C(=O)C[C@@H]12. The fraction of sp³-hybridized carbons (Fsp3) is 0.840. The summed E-state index contributed by atoms with van der Waals surface area (Å²) in [6, 6.07) is 0. The van der Waals surface area contributed by atoms with Gasteiger partial charge < -0.3 is 14.2 Å². The van der Waals surface area contributed by atoms with Gasteiger partial charge in [0, 0.05) is 33.1 Å². The molecular formula is C25H36O7. The third kappa shape index (κ3) is 3.65. The van der Waals surface area contributed by atoms with E-state index in [9.17, 15) is 19.2 Å². The first-order chi connectivity index (χ1) is 15.0. The lowest BCUT2D eigenvalue weighted by molar-refractivity contribution is -0.200. The Labute approximate surface area is 189 Å². The topological polar surface area (TPSA) is 96.0 Å². The molecule has 0 saturated heterocycles. The zero-order chi connectivity index (χ0) is 23.4. The van der Waals surface area contributed by atoms with E-state index in [2.05, 4.69) is 6.92 Å². The van der Waals surface area contributed by atoms with Crippen molar-refractivity contribution in [3.8, 4) is 0 Å². The molecule has 4 rings (SSSR count). The minimum atomic E-state index is -0.675. The Balaban J connectivity index is 1.67. The smallest absolute Gasteiger partial charge is 0.302 e. The number of ether oxygens (including phenoxy) is 3. The summed E-state index contributed by atoms with van der Waals surface area (Å²) in [6.45, 7) is 8.48. The van der Waals surface area contributed by atoms with Crippen LogP contribution in [-0.4, -0.2) is 42.0 Å². The fourth-order valence-corrected chi connectivity index (χ4v) is 7.98. The molecule has 7 nitrogen and oxygen atoms in total. The summed E-state index contributed by atoms with van der Waals surface area (Å²) >= 11 is 0. The van der Waals surface area contributed by atoms with Crippen LogP contribution >= 0.6 is 0 Å². The van der Waals surface area contributed by atoms with E-state index in [1.54, 1.807) is 0 Å². The van der Waals surface area contributed by atoms with E-state index in [4.69, 9.17) is 14.2 Å². The molecule has 0 amide bonds. The first-order valence-electron chi connectivity index (χ1n) is 12.0. The van der Waals surface area contributed by atoms with E-state index < -0.39 is 5.41 Å². The van der Waals surface area contributed by atoms with Crippen LogP contribution < -0.4 is 0 Å². The minimum Gasteiger partial charge on any atom is -0.463 e. The molecule has 4 saturated carbocycles. The summed E-state index contributed by atoms with van der Waals surface area (Å²) in [5.74, 6) is -0.154. The van der Waals surface area contributed by atoms with Crippen molar-refractivity contribution in [3.63, 3.8) is 0 Å². The molecule has 4 aliphatic rings. The number of Topliss-reactive ketones (excluding diaryl/α,β-unsaturated/α-hetero) is 1. The third-order valence-electron chi connectivity index (χ3n) is 9.35. The van der Waals surface area contributed by atoms with Crippen molar-refractivity contribution in [2.24, 2.45) is 34.5 Å². The highest BCUT2D eigenvalue weighted by Gasteiger charge is 2.66. The number of hydrogen-bond acceptors (Lipinski definition) is 7. The molecule has 0 spiro atoms. The monoisotopic (exact) mass is 448 g/mol. The van der Waals surface area contributed by atoms with Gasteiger partial charge in [0.2, 0.25) is 0 Å². The van der Waals surface area contributed by atoms with Crippen molar-refractivity contribution >= 4 is 23.7 Å². The van der Waals surface area contributed by atoms with Crippen LogP contribution in [0, 0.1) is 34.5 Å². The molecule has 0 radical (unpaired) electrons. The van der Waals surface area contributed by atoms with Crippen LogP contribution in [0.2, 0.25) is 0 Å². The lowest BCUT2D eigenvalue weighted by atomic mass is 9.44. The average molecular weight is 449 g/mol. The molecule has 9 atom stereocenters. The predicted octanol–water partition coefficient (Wildman–Crippen LogP) is 3.61. The van der Waals surface area contributed by atoms with Gasteiger partial charge in [-0.25, -0.2) is 0 Å². The highest BCUT2D eigenvalue weighted by Crippen LogP contribution is 2.66.